The number of nitrogens with one attached hydrogen (secondary N) is 1. The molecule has 0 heterocycles. The van der Waals surface area contributed by atoms with Crippen molar-refractivity contribution in [1.29, 1.82) is 0 Å². The van der Waals surface area contributed by atoms with E-state index in [2.05, 4.69) is 26.1 Å². The highest BCUT2D eigenvalue weighted by atomic mass is 16.6. The van der Waals surface area contributed by atoms with E-state index in [0.29, 0.717) is 5.69 Å². The van der Waals surface area contributed by atoms with Gasteiger partial charge in [-0.25, -0.2) is 0 Å². The number of rotatable bonds is 5. The summed E-state index contributed by atoms with van der Waals surface area (Å²) in [5.74, 6) is 0. The zero-order valence-electron chi connectivity index (χ0n) is 11.8. The number of nitro benzene ring substituents is 1. The molecule has 0 amide bonds. The lowest BCUT2D eigenvalue weighted by molar-refractivity contribution is -0.384. The molecule has 0 aliphatic rings. The van der Waals surface area contributed by atoms with Crippen LogP contribution < -0.4 is 5.32 Å². The Morgan fingerprint density at radius 1 is 1.28 bits per heavy atom. The fourth-order valence-corrected chi connectivity index (χ4v) is 2.10. The molecule has 0 aliphatic heterocycles. The van der Waals surface area contributed by atoms with Gasteiger partial charge in [-0.1, -0.05) is 13.3 Å². The minimum absolute atomic E-state index is 0.138. The topological polar surface area (TPSA) is 55.2 Å². The van der Waals surface area contributed by atoms with Crippen LogP contribution in [-0.4, -0.2) is 10.5 Å². The molecule has 0 saturated carbocycles. The largest absolute Gasteiger partial charge is 0.375 e. The predicted molar refractivity (Wildman–Crippen MR) is 75.2 cm³/mol. The molecular weight excluding hydrogens is 228 g/mol. The van der Waals surface area contributed by atoms with Gasteiger partial charge in [0.15, 0.2) is 0 Å². The van der Waals surface area contributed by atoms with Gasteiger partial charge in [0.1, 0.15) is 5.69 Å². The molecule has 0 radical (unpaired) electrons. The minimum Gasteiger partial charge on any atom is -0.375 e. The summed E-state index contributed by atoms with van der Waals surface area (Å²) in [4.78, 5) is 10.8. The lowest BCUT2D eigenvalue weighted by atomic mass is 9.97. The van der Waals surface area contributed by atoms with Gasteiger partial charge < -0.3 is 5.32 Å². The molecule has 4 nitrogen and oxygen atoms in total. The molecule has 1 N–H and O–H groups in total. The summed E-state index contributed by atoms with van der Waals surface area (Å²) < 4.78 is 0. The van der Waals surface area contributed by atoms with Gasteiger partial charge in [-0.05, 0) is 51.3 Å². The molecule has 0 bridgehead atoms. The van der Waals surface area contributed by atoms with Gasteiger partial charge in [0.2, 0.25) is 0 Å². The second-order valence-corrected chi connectivity index (χ2v) is 5.47. The lowest BCUT2D eigenvalue weighted by Gasteiger charge is -2.27. The summed E-state index contributed by atoms with van der Waals surface area (Å²) in [5.41, 5.74) is 2.64. The minimum atomic E-state index is -0.323. The molecule has 4 heteroatoms. The van der Waals surface area contributed by atoms with Crippen LogP contribution in [0.15, 0.2) is 12.1 Å². The number of nitro groups is 1. The van der Waals surface area contributed by atoms with Gasteiger partial charge in [-0.2, -0.15) is 0 Å². The van der Waals surface area contributed by atoms with Gasteiger partial charge in [0.05, 0.1) is 4.92 Å². The van der Waals surface area contributed by atoms with Crippen molar-refractivity contribution in [2.75, 3.05) is 5.32 Å². The van der Waals surface area contributed by atoms with Crippen molar-refractivity contribution in [2.24, 2.45) is 0 Å². The standard InChI is InChI=1S/C14H22N2O2/c1-6-7-14(4,5)15-12-8-10(2)11(3)9-13(12)16(17)18/h8-9,15H,6-7H2,1-5H3. The molecule has 0 atom stereocenters. The van der Waals surface area contributed by atoms with E-state index in [1.54, 1.807) is 6.07 Å². The zero-order chi connectivity index (χ0) is 13.9. The first-order valence-electron chi connectivity index (χ1n) is 6.30. The molecule has 0 saturated heterocycles. The number of anilines is 1. The van der Waals surface area contributed by atoms with E-state index >= 15 is 0 Å². The molecule has 0 aromatic heterocycles. The Labute approximate surface area is 109 Å². The Balaban J connectivity index is 3.15. The van der Waals surface area contributed by atoms with Crippen LogP contribution in [0.25, 0.3) is 0 Å². The Hall–Kier alpha value is -1.58. The van der Waals surface area contributed by atoms with Crippen molar-refractivity contribution in [3.8, 4) is 0 Å². The molecule has 1 aromatic rings. The van der Waals surface area contributed by atoms with E-state index in [4.69, 9.17) is 0 Å². The van der Waals surface area contributed by atoms with Crippen LogP contribution in [-0.2, 0) is 0 Å². The van der Waals surface area contributed by atoms with Gasteiger partial charge in [0.25, 0.3) is 5.69 Å². The molecule has 1 aromatic carbocycles. The van der Waals surface area contributed by atoms with Gasteiger partial charge in [0, 0.05) is 11.6 Å². The Morgan fingerprint density at radius 2 is 1.83 bits per heavy atom. The van der Waals surface area contributed by atoms with E-state index in [1.165, 1.54) is 0 Å². The maximum absolute atomic E-state index is 11.1. The SMILES string of the molecule is CCCC(C)(C)Nc1cc(C)c(C)cc1[N+](=O)[O-]. The van der Waals surface area contributed by atoms with Crippen LogP contribution in [0.2, 0.25) is 0 Å². The molecule has 18 heavy (non-hydrogen) atoms. The van der Waals surface area contributed by atoms with Gasteiger partial charge >= 0.3 is 0 Å². The Morgan fingerprint density at radius 3 is 2.33 bits per heavy atom. The number of hydrogen-bond donors (Lipinski definition) is 1. The summed E-state index contributed by atoms with van der Waals surface area (Å²) in [7, 11) is 0. The quantitative estimate of drug-likeness (QED) is 0.629. The van der Waals surface area contributed by atoms with Crippen molar-refractivity contribution in [1.82, 2.24) is 0 Å². The maximum atomic E-state index is 11.1. The Bertz CT molecular complexity index is 453. The third-order valence-electron chi connectivity index (χ3n) is 3.16. The number of nitrogens with zero attached hydrogens (tertiary/aromatic N) is 1. The summed E-state index contributed by atoms with van der Waals surface area (Å²) in [6, 6.07) is 3.50. The van der Waals surface area contributed by atoms with E-state index in [-0.39, 0.29) is 16.1 Å². The van der Waals surface area contributed by atoms with Crippen LogP contribution in [0.4, 0.5) is 11.4 Å². The van der Waals surface area contributed by atoms with E-state index in [1.807, 2.05) is 19.9 Å². The van der Waals surface area contributed by atoms with Crippen LogP contribution in [0.1, 0.15) is 44.7 Å². The van der Waals surface area contributed by atoms with Gasteiger partial charge in [-0.15, -0.1) is 0 Å². The van der Waals surface area contributed by atoms with Gasteiger partial charge in [-0.3, -0.25) is 10.1 Å². The first-order chi connectivity index (χ1) is 8.26. The maximum Gasteiger partial charge on any atom is 0.292 e. The first kappa shape index (κ1) is 14.5. The van der Waals surface area contributed by atoms with Crippen LogP contribution >= 0.6 is 0 Å². The number of aryl methyl sites for hydroxylation is 2. The molecule has 0 fully saturated rings. The van der Waals surface area contributed by atoms with Crippen molar-refractivity contribution >= 4 is 11.4 Å². The van der Waals surface area contributed by atoms with E-state index in [0.717, 1.165) is 24.0 Å². The predicted octanol–water partition coefficient (Wildman–Crippen LogP) is 4.20. The molecular formula is C14H22N2O2. The van der Waals surface area contributed by atoms with Crippen LogP contribution in [0.5, 0.6) is 0 Å². The molecule has 0 unspecified atom stereocenters. The van der Waals surface area contributed by atoms with Crippen molar-refractivity contribution in [3.63, 3.8) is 0 Å². The number of hydrogen-bond acceptors (Lipinski definition) is 3. The molecule has 1 rings (SSSR count). The van der Waals surface area contributed by atoms with Crippen LogP contribution in [0.3, 0.4) is 0 Å². The summed E-state index contributed by atoms with van der Waals surface area (Å²) in [5, 5.41) is 14.4. The second kappa shape index (κ2) is 5.38. The summed E-state index contributed by atoms with van der Waals surface area (Å²) in [6.45, 7) is 10.1. The average molecular weight is 250 g/mol. The highest BCUT2D eigenvalue weighted by Crippen LogP contribution is 2.31. The van der Waals surface area contributed by atoms with Crippen LogP contribution in [0, 0.1) is 24.0 Å². The smallest absolute Gasteiger partial charge is 0.292 e. The third-order valence-corrected chi connectivity index (χ3v) is 3.16. The fourth-order valence-electron chi connectivity index (χ4n) is 2.10. The van der Waals surface area contributed by atoms with Crippen molar-refractivity contribution in [3.05, 3.63) is 33.4 Å². The zero-order valence-corrected chi connectivity index (χ0v) is 11.8. The Kier molecular flexibility index (Phi) is 4.33. The molecule has 0 spiro atoms. The average Bonchev–Trinajstić information content (AvgIpc) is 2.22. The fraction of sp³-hybridized carbons (Fsp3) is 0.571. The van der Waals surface area contributed by atoms with Crippen molar-refractivity contribution in [2.45, 2.75) is 53.0 Å². The van der Waals surface area contributed by atoms with E-state index < -0.39 is 0 Å². The number of benzene rings is 1. The highest BCUT2D eigenvalue weighted by molar-refractivity contribution is 5.65. The van der Waals surface area contributed by atoms with Crippen molar-refractivity contribution < 1.29 is 4.92 Å². The first-order valence-corrected chi connectivity index (χ1v) is 6.30. The highest BCUT2D eigenvalue weighted by Gasteiger charge is 2.22. The molecule has 100 valence electrons. The molecule has 0 aliphatic carbocycles. The monoisotopic (exact) mass is 250 g/mol. The summed E-state index contributed by atoms with van der Waals surface area (Å²) in [6.07, 6.45) is 2.01. The summed E-state index contributed by atoms with van der Waals surface area (Å²) >= 11 is 0. The normalized spacial score (nSPS) is 11.4. The third kappa shape index (κ3) is 3.45. The lowest BCUT2D eigenvalue weighted by Crippen LogP contribution is -2.30. The van der Waals surface area contributed by atoms with E-state index in [9.17, 15) is 10.1 Å². The second-order valence-electron chi connectivity index (χ2n) is 5.47.